The van der Waals surface area contributed by atoms with Crippen LogP contribution in [0.5, 0.6) is 0 Å². The van der Waals surface area contributed by atoms with Crippen molar-refractivity contribution < 1.29 is 4.39 Å². The predicted octanol–water partition coefficient (Wildman–Crippen LogP) is 3.98. The summed E-state index contributed by atoms with van der Waals surface area (Å²) in [6.45, 7) is 1.56. The molecule has 2 rings (SSSR count). The van der Waals surface area contributed by atoms with Gasteiger partial charge in [-0.05, 0) is 53.3 Å². The molecule has 0 aliphatic rings. The van der Waals surface area contributed by atoms with E-state index >= 15 is 0 Å². The van der Waals surface area contributed by atoms with Gasteiger partial charge >= 0.3 is 0 Å². The van der Waals surface area contributed by atoms with Crippen molar-refractivity contribution in [3.05, 3.63) is 69.9 Å². The minimum Gasteiger partial charge on any atom is -0.311 e. The third kappa shape index (κ3) is 4.63. The van der Waals surface area contributed by atoms with Gasteiger partial charge in [-0.2, -0.15) is 0 Å². The highest BCUT2D eigenvalue weighted by Gasteiger charge is 2.13. The highest BCUT2D eigenvalue weighted by molar-refractivity contribution is 9.10. The van der Waals surface area contributed by atoms with Crippen molar-refractivity contribution in [2.24, 2.45) is 0 Å². The van der Waals surface area contributed by atoms with Crippen LogP contribution in [-0.4, -0.2) is 25.5 Å². The van der Waals surface area contributed by atoms with Gasteiger partial charge in [0, 0.05) is 19.1 Å². The predicted molar refractivity (Wildman–Crippen MR) is 88.7 cm³/mol. The Morgan fingerprint density at radius 1 is 1.14 bits per heavy atom. The zero-order valence-corrected chi connectivity index (χ0v) is 13.9. The van der Waals surface area contributed by atoms with Crippen molar-refractivity contribution in [1.82, 2.24) is 10.2 Å². The number of hydrogen-bond acceptors (Lipinski definition) is 2. The van der Waals surface area contributed by atoms with E-state index in [1.54, 1.807) is 6.07 Å². The molecule has 2 aromatic rings. The summed E-state index contributed by atoms with van der Waals surface area (Å²) in [5.41, 5.74) is 2.35. The summed E-state index contributed by atoms with van der Waals surface area (Å²) in [6, 6.07) is 15.8. The zero-order chi connectivity index (χ0) is 15.2. The fourth-order valence-electron chi connectivity index (χ4n) is 2.28. The molecule has 0 heterocycles. The molecule has 0 spiro atoms. The van der Waals surface area contributed by atoms with Crippen LogP contribution >= 0.6 is 15.9 Å². The molecule has 1 unspecified atom stereocenters. The molecule has 112 valence electrons. The third-order valence-electron chi connectivity index (χ3n) is 3.46. The monoisotopic (exact) mass is 350 g/mol. The van der Waals surface area contributed by atoms with E-state index in [0.717, 1.165) is 18.7 Å². The molecule has 2 aromatic carbocycles. The Kier molecular flexibility index (Phi) is 5.91. The third-order valence-corrected chi connectivity index (χ3v) is 4.07. The molecular formula is C17H20BrFN2. The molecule has 0 saturated carbocycles. The van der Waals surface area contributed by atoms with E-state index in [1.165, 1.54) is 11.6 Å². The lowest BCUT2D eigenvalue weighted by atomic mass is 10.1. The molecular weight excluding hydrogens is 331 g/mol. The number of likely N-dealkylation sites (N-methyl/N-ethyl adjacent to an activating group) is 1. The molecule has 2 nitrogen and oxygen atoms in total. The largest absolute Gasteiger partial charge is 0.311 e. The summed E-state index contributed by atoms with van der Waals surface area (Å²) in [6.07, 6.45) is 0. The first-order chi connectivity index (χ1) is 10.1. The molecule has 0 radical (unpaired) electrons. The second-order valence-corrected chi connectivity index (χ2v) is 6.12. The maximum Gasteiger partial charge on any atom is 0.137 e. The van der Waals surface area contributed by atoms with Gasteiger partial charge in [0.15, 0.2) is 0 Å². The lowest BCUT2D eigenvalue weighted by molar-refractivity contribution is 0.288. The van der Waals surface area contributed by atoms with Gasteiger partial charge in [0.25, 0.3) is 0 Å². The molecule has 0 aromatic heterocycles. The van der Waals surface area contributed by atoms with E-state index in [9.17, 15) is 4.39 Å². The molecule has 4 heteroatoms. The van der Waals surface area contributed by atoms with Crippen molar-refractivity contribution in [2.75, 3.05) is 20.6 Å². The Labute approximate surface area is 134 Å². The van der Waals surface area contributed by atoms with Crippen LogP contribution in [0.1, 0.15) is 17.2 Å². The lowest BCUT2D eigenvalue weighted by Gasteiger charge is -2.25. The Hall–Kier alpha value is -1.23. The molecule has 0 aliphatic heterocycles. The van der Waals surface area contributed by atoms with Gasteiger partial charge in [-0.25, -0.2) is 4.39 Å². The maximum absolute atomic E-state index is 13.2. The summed E-state index contributed by atoms with van der Waals surface area (Å²) in [5.74, 6) is -0.228. The van der Waals surface area contributed by atoms with Crippen LogP contribution in [0.2, 0.25) is 0 Å². The average Bonchev–Trinajstić information content (AvgIpc) is 2.48. The van der Waals surface area contributed by atoms with Gasteiger partial charge in [-0.3, -0.25) is 0 Å². The summed E-state index contributed by atoms with van der Waals surface area (Å²) in [7, 11) is 4.15. The fraction of sp³-hybridized carbons (Fsp3) is 0.294. The maximum atomic E-state index is 13.2. The molecule has 0 bridgehead atoms. The quantitative estimate of drug-likeness (QED) is 0.847. The van der Waals surface area contributed by atoms with Crippen LogP contribution in [0, 0.1) is 5.82 Å². The van der Waals surface area contributed by atoms with E-state index in [0.29, 0.717) is 10.5 Å². The topological polar surface area (TPSA) is 15.3 Å². The van der Waals surface area contributed by atoms with Crippen molar-refractivity contribution in [3.8, 4) is 0 Å². The van der Waals surface area contributed by atoms with Gasteiger partial charge in [-0.1, -0.05) is 36.4 Å². The van der Waals surface area contributed by atoms with E-state index in [4.69, 9.17) is 0 Å². The van der Waals surface area contributed by atoms with Crippen LogP contribution in [0.4, 0.5) is 4.39 Å². The Morgan fingerprint density at radius 3 is 2.48 bits per heavy atom. The second kappa shape index (κ2) is 7.69. The molecule has 0 aliphatic carbocycles. The molecule has 0 saturated heterocycles. The zero-order valence-electron chi connectivity index (χ0n) is 12.3. The minimum atomic E-state index is -0.228. The second-order valence-electron chi connectivity index (χ2n) is 5.27. The van der Waals surface area contributed by atoms with Gasteiger partial charge in [-0.15, -0.1) is 0 Å². The number of nitrogens with one attached hydrogen (secondary N) is 1. The van der Waals surface area contributed by atoms with E-state index in [-0.39, 0.29) is 5.82 Å². The van der Waals surface area contributed by atoms with Crippen LogP contribution in [0.25, 0.3) is 0 Å². The lowest BCUT2D eigenvalue weighted by Crippen LogP contribution is -2.30. The number of benzene rings is 2. The van der Waals surface area contributed by atoms with E-state index < -0.39 is 0 Å². The highest BCUT2D eigenvalue weighted by Crippen LogP contribution is 2.18. The van der Waals surface area contributed by atoms with Crippen molar-refractivity contribution in [2.45, 2.75) is 12.6 Å². The molecule has 0 fully saturated rings. The standard InChI is InChI=1S/C17H20BrFN2/c1-21(2)17(14-6-4-3-5-7-14)12-20-11-13-8-9-16(19)15(18)10-13/h3-10,17,20H,11-12H2,1-2H3. The number of halogens is 2. The molecule has 1 atom stereocenters. The van der Waals surface area contributed by atoms with Crippen molar-refractivity contribution in [3.63, 3.8) is 0 Å². The van der Waals surface area contributed by atoms with Gasteiger partial charge in [0.2, 0.25) is 0 Å². The van der Waals surface area contributed by atoms with Crippen LogP contribution in [-0.2, 0) is 6.54 Å². The summed E-state index contributed by atoms with van der Waals surface area (Å²) >= 11 is 3.22. The first-order valence-corrected chi connectivity index (χ1v) is 7.73. The Morgan fingerprint density at radius 2 is 1.86 bits per heavy atom. The first-order valence-electron chi connectivity index (χ1n) is 6.94. The van der Waals surface area contributed by atoms with Crippen molar-refractivity contribution >= 4 is 15.9 Å². The van der Waals surface area contributed by atoms with Gasteiger partial charge < -0.3 is 10.2 Å². The number of nitrogens with zero attached hydrogens (tertiary/aromatic N) is 1. The van der Waals surface area contributed by atoms with Gasteiger partial charge in [0.1, 0.15) is 5.82 Å². The number of rotatable bonds is 6. The van der Waals surface area contributed by atoms with Crippen LogP contribution in [0.15, 0.2) is 53.0 Å². The first kappa shape index (κ1) is 16.1. The number of hydrogen-bond donors (Lipinski definition) is 1. The molecule has 0 amide bonds. The van der Waals surface area contributed by atoms with E-state index in [2.05, 4.69) is 64.5 Å². The Bertz CT molecular complexity index is 572. The average molecular weight is 351 g/mol. The van der Waals surface area contributed by atoms with Crippen LogP contribution < -0.4 is 5.32 Å². The molecule has 1 N–H and O–H groups in total. The summed E-state index contributed by atoms with van der Waals surface area (Å²) < 4.78 is 13.7. The highest BCUT2D eigenvalue weighted by atomic mass is 79.9. The smallest absolute Gasteiger partial charge is 0.137 e. The SMILES string of the molecule is CN(C)C(CNCc1ccc(F)c(Br)c1)c1ccccc1. The molecule has 21 heavy (non-hydrogen) atoms. The van der Waals surface area contributed by atoms with Crippen molar-refractivity contribution in [1.29, 1.82) is 0 Å². The normalized spacial score (nSPS) is 12.6. The van der Waals surface area contributed by atoms with Gasteiger partial charge in [0.05, 0.1) is 4.47 Å². The van der Waals surface area contributed by atoms with E-state index in [1.807, 2.05) is 12.1 Å². The summed E-state index contributed by atoms with van der Waals surface area (Å²) in [5, 5.41) is 3.44. The summed E-state index contributed by atoms with van der Waals surface area (Å²) in [4.78, 5) is 2.20. The Balaban J connectivity index is 1.95. The fourth-order valence-corrected chi connectivity index (χ4v) is 2.70. The minimum absolute atomic E-state index is 0.228. The van der Waals surface area contributed by atoms with Crippen LogP contribution in [0.3, 0.4) is 0 Å².